The normalized spacial score (nSPS) is 12.3. The average molecular weight is 260 g/mol. The van der Waals surface area contributed by atoms with Crippen molar-refractivity contribution in [1.29, 1.82) is 0 Å². The van der Waals surface area contributed by atoms with Crippen LogP contribution in [0.25, 0.3) is 21.9 Å². The van der Waals surface area contributed by atoms with E-state index in [-0.39, 0.29) is 5.78 Å². The molecule has 0 saturated carbocycles. The molecule has 2 heteroatoms. The molecule has 1 aliphatic carbocycles. The third-order valence-corrected chi connectivity index (χ3v) is 3.90. The van der Waals surface area contributed by atoms with Gasteiger partial charge in [-0.25, -0.2) is 0 Å². The van der Waals surface area contributed by atoms with Gasteiger partial charge in [0.15, 0.2) is 5.78 Å². The first-order valence-corrected chi connectivity index (χ1v) is 6.55. The Morgan fingerprint density at radius 3 is 2.35 bits per heavy atom. The van der Waals surface area contributed by atoms with E-state index in [1.165, 1.54) is 0 Å². The number of ketones is 1. The third-order valence-electron chi connectivity index (χ3n) is 3.90. The Labute approximate surface area is 116 Å². The zero-order valence-corrected chi connectivity index (χ0v) is 11.0. The fraction of sp³-hybridized carbons (Fsp3) is 0.0556. The molecule has 0 radical (unpaired) electrons. The van der Waals surface area contributed by atoms with Gasteiger partial charge < -0.3 is 4.74 Å². The Morgan fingerprint density at radius 1 is 0.850 bits per heavy atom. The average Bonchev–Trinajstić information content (AvgIpc) is 2.81. The maximum absolute atomic E-state index is 12.7. The van der Waals surface area contributed by atoms with Crippen LogP contribution in [0.15, 0.2) is 54.6 Å². The highest BCUT2D eigenvalue weighted by molar-refractivity contribution is 6.28. The summed E-state index contributed by atoms with van der Waals surface area (Å²) >= 11 is 0. The summed E-state index contributed by atoms with van der Waals surface area (Å²) < 4.78 is 5.52. The van der Waals surface area contributed by atoms with Crippen LogP contribution in [0, 0.1) is 0 Å². The van der Waals surface area contributed by atoms with Gasteiger partial charge in [-0.3, -0.25) is 4.79 Å². The zero-order valence-electron chi connectivity index (χ0n) is 11.0. The first kappa shape index (κ1) is 11.2. The number of fused-ring (bicyclic) bond motifs is 5. The molecule has 96 valence electrons. The summed E-state index contributed by atoms with van der Waals surface area (Å²) in [5.74, 6) is 0.850. The second-order valence-corrected chi connectivity index (χ2v) is 4.92. The van der Waals surface area contributed by atoms with Crippen LogP contribution in [0.3, 0.4) is 0 Å². The summed E-state index contributed by atoms with van der Waals surface area (Å²) in [6, 6.07) is 17.7. The molecule has 0 aliphatic heterocycles. The molecule has 1 aliphatic rings. The molecule has 3 aromatic carbocycles. The SMILES string of the molecule is COc1cc2ccccc2c2c1-c1ccccc1C2=O. The number of hydrogen-bond acceptors (Lipinski definition) is 2. The summed E-state index contributed by atoms with van der Waals surface area (Å²) in [7, 11) is 1.65. The van der Waals surface area contributed by atoms with Crippen LogP contribution in [0.4, 0.5) is 0 Å². The van der Waals surface area contributed by atoms with Crippen molar-refractivity contribution in [2.75, 3.05) is 7.11 Å². The van der Waals surface area contributed by atoms with Crippen molar-refractivity contribution in [2.24, 2.45) is 0 Å². The summed E-state index contributed by atoms with van der Waals surface area (Å²) in [6.45, 7) is 0. The molecule has 0 fully saturated rings. The van der Waals surface area contributed by atoms with Crippen molar-refractivity contribution in [3.05, 3.63) is 65.7 Å². The first-order chi connectivity index (χ1) is 9.81. The lowest BCUT2D eigenvalue weighted by molar-refractivity contribution is 0.104. The van der Waals surface area contributed by atoms with Crippen molar-refractivity contribution in [3.63, 3.8) is 0 Å². The lowest BCUT2D eigenvalue weighted by Gasteiger charge is -2.10. The topological polar surface area (TPSA) is 26.3 Å². The number of carbonyl (C=O) groups excluding carboxylic acids is 1. The molecule has 4 rings (SSSR count). The second-order valence-electron chi connectivity index (χ2n) is 4.92. The number of methoxy groups -OCH3 is 1. The van der Waals surface area contributed by atoms with Crippen molar-refractivity contribution in [3.8, 4) is 16.9 Å². The van der Waals surface area contributed by atoms with Crippen LogP contribution in [0.5, 0.6) is 5.75 Å². The minimum atomic E-state index is 0.0886. The quantitative estimate of drug-likeness (QED) is 0.516. The summed E-state index contributed by atoms with van der Waals surface area (Å²) in [6.07, 6.45) is 0. The Hall–Kier alpha value is -2.61. The fourth-order valence-corrected chi connectivity index (χ4v) is 3.02. The zero-order chi connectivity index (χ0) is 13.7. The van der Waals surface area contributed by atoms with Gasteiger partial charge in [-0.05, 0) is 22.4 Å². The van der Waals surface area contributed by atoms with E-state index in [1.54, 1.807) is 7.11 Å². The number of ether oxygens (including phenoxy) is 1. The van der Waals surface area contributed by atoms with Crippen LogP contribution in [-0.2, 0) is 0 Å². The Bertz CT molecular complexity index is 862. The summed E-state index contributed by atoms with van der Waals surface area (Å²) in [4.78, 5) is 12.7. The second kappa shape index (κ2) is 3.94. The van der Waals surface area contributed by atoms with E-state index in [2.05, 4.69) is 0 Å². The van der Waals surface area contributed by atoms with Crippen molar-refractivity contribution < 1.29 is 9.53 Å². The van der Waals surface area contributed by atoms with Gasteiger partial charge >= 0.3 is 0 Å². The van der Waals surface area contributed by atoms with Gasteiger partial charge in [-0.1, -0.05) is 48.5 Å². The lowest BCUT2D eigenvalue weighted by atomic mass is 9.98. The predicted molar refractivity (Wildman–Crippen MR) is 79.4 cm³/mol. The molecule has 0 N–H and O–H groups in total. The monoisotopic (exact) mass is 260 g/mol. The molecule has 0 spiro atoms. The van der Waals surface area contributed by atoms with Gasteiger partial charge in [0.1, 0.15) is 5.75 Å². The smallest absolute Gasteiger partial charge is 0.195 e. The fourth-order valence-electron chi connectivity index (χ4n) is 3.02. The summed E-state index contributed by atoms with van der Waals surface area (Å²) in [5, 5.41) is 2.02. The van der Waals surface area contributed by atoms with E-state index < -0.39 is 0 Å². The molecule has 20 heavy (non-hydrogen) atoms. The molecule has 0 aromatic heterocycles. The Kier molecular flexibility index (Phi) is 2.21. The predicted octanol–water partition coefficient (Wildman–Crippen LogP) is 4.06. The van der Waals surface area contributed by atoms with Gasteiger partial charge in [-0.2, -0.15) is 0 Å². The molecule has 0 unspecified atom stereocenters. The highest BCUT2D eigenvalue weighted by Crippen LogP contribution is 2.45. The molecule has 0 bridgehead atoms. The molecular weight excluding hydrogens is 248 g/mol. The van der Waals surface area contributed by atoms with Gasteiger partial charge in [-0.15, -0.1) is 0 Å². The lowest BCUT2D eigenvalue weighted by Crippen LogP contribution is -1.97. The van der Waals surface area contributed by atoms with Gasteiger partial charge in [0, 0.05) is 16.7 Å². The number of hydrogen-bond donors (Lipinski definition) is 0. The van der Waals surface area contributed by atoms with E-state index in [1.807, 2.05) is 54.6 Å². The van der Waals surface area contributed by atoms with Crippen LogP contribution in [0.1, 0.15) is 15.9 Å². The molecule has 0 heterocycles. The van der Waals surface area contributed by atoms with Gasteiger partial charge in [0.25, 0.3) is 0 Å². The van der Waals surface area contributed by atoms with Crippen LogP contribution < -0.4 is 4.74 Å². The van der Waals surface area contributed by atoms with Gasteiger partial charge in [0.05, 0.1) is 7.11 Å². The van der Waals surface area contributed by atoms with E-state index >= 15 is 0 Å². The van der Waals surface area contributed by atoms with E-state index in [0.717, 1.165) is 38.8 Å². The van der Waals surface area contributed by atoms with E-state index in [9.17, 15) is 4.79 Å². The largest absolute Gasteiger partial charge is 0.496 e. The Balaban J connectivity index is 2.22. The minimum Gasteiger partial charge on any atom is -0.496 e. The first-order valence-electron chi connectivity index (χ1n) is 6.55. The van der Waals surface area contributed by atoms with Gasteiger partial charge in [0.2, 0.25) is 0 Å². The maximum Gasteiger partial charge on any atom is 0.195 e. The molecular formula is C18H12O2. The number of benzene rings is 3. The van der Waals surface area contributed by atoms with Crippen LogP contribution in [-0.4, -0.2) is 12.9 Å². The highest BCUT2D eigenvalue weighted by Gasteiger charge is 2.31. The summed E-state index contributed by atoms with van der Waals surface area (Å²) in [5.41, 5.74) is 3.42. The van der Waals surface area contributed by atoms with Crippen LogP contribution >= 0.6 is 0 Å². The van der Waals surface area contributed by atoms with Crippen molar-refractivity contribution in [1.82, 2.24) is 0 Å². The minimum absolute atomic E-state index is 0.0886. The molecule has 0 atom stereocenters. The van der Waals surface area contributed by atoms with E-state index in [4.69, 9.17) is 4.74 Å². The Morgan fingerprint density at radius 2 is 1.55 bits per heavy atom. The molecule has 3 aromatic rings. The molecule has 0 saturated heterocycles. The van der Waals surface area contributed by atoms with Crippen LogP contribution in [0.2, 0.25) is 0 Å². The number of carbonyl (C=O) groups is 1. The van der Waals surface area contributed by atoms with Crippen molar-refractivity contribution >= 4 is 16.6 Å². The van der Waals surface area contributed by atoms with Crippen molar-refractivity contribution in [2.45, 2.75) is 0 Å². The maximum atomic E-state index is 12.7. The van der Waals surface area contributed by atoms with E-state index in [0.29, 0.717) is 0 Å². The highest BCUT2D eigenvalue weighted by atomic mass is 16.5. The third kappa shape index (κ3) is 1.31. The molecule has 2 nitrogen and oxygen atoms in total. The molecule has 0 amide bonds. The number of rotatable bonds is 1. The standard InChI is InChI=1S/C18H12O2/c1-20-15-10-11-6-2-3-7-12(11)17-16(15)13-8-4-5-9-14(13)18(17)19/h2-10H,1H3.